The molecule has 1 aliphatic rings. The molecule has 0 aliphatic heterocycles. The number of rotatable bonds is 3. The highest BCUT2D eigenvalue weighted by Gasteiger charge is 2.39. The van der Waals surface area contributed by atoms with Crippen LogP contribution in [-0.2, 0) is 0 Å². The predicted molar refractivity (Wildman–Crippen MR) is 60.2 cm³/mol. The van der Waals surface area contributed by atoms with E-state index < -0.39 is 5.92 Å². The first kappa shape index (κ1) is 12.4. The van der Waals surface area contributed by atoms with Gasteiger partial charge in [-0.3, -0.25) is 0 Å². The molecule has 2 atom stereocenters. The van der Waals surface area contributed by atoms with E-state index in [2.05, 4.69) is 0 Å². The fourth-order valence-corrected chi connectivity index (χ4v) is 2.45. The third kappa shape index (κ3) is 3.22. The van der Waals surface area contributed by atoms with E-state index in [4.69, 9.17) is 5.73 Å². The predicted octanol–water partition coefficient (Wildman–Crippen LogP) is 3.65. The summed E-state index contributed by atoms with van der Waals surface area (Å²) in [4.78, 5) is 0. The lowest BCUT2D eigenvalue weighted by atomic mass is 9.94. The van der Waals surface area contributed by atoms with Crippen LogP contribution in [0.5, 0.6) is 0 Å². The Bertz CT molecular complexity index is 375. The van der Waals surface area contributed by atoms with Gasteiger partial charge >= 0.3 is 0 Å². The lowest BCUT2D eigenvalue weighted by Crippen LogP contribution is -2.16. The van der Waals surface area contributed by atoms with Gasteiger partial charge in [-0.1, -0.05) is 12.1 Å². The molecule has 0 spiro atoms. The summed E-state index contributed by atoms with van der Waals surface area (Å²) in [5, 5.41) is 0. The van der Waals surface area contributed by atoms with Crippen molar-refractivity contribution >= 4 is 0 Å². The average Bonchev–Trinajstić information content (AvgIpc) is 2.59. The molecule has 0 saturated heterocycles. The molecule has 17 heavy (non-hydrogen) atoms. The van der Waals surface area contributed by atoms with Crippen LogP contribution in [0.1, 0.15) is 37.3 Å². The Morgan fingerprint density at radius 1 is 1.29 bits per heavy atom. The van der Waals surface area contributed by atoms with Gasteiger partial charge in [0.25, 0.3) is 0 Å². The zero-order valence-corrected chi connectivity index (χ0v) is 9.50. The summed E-state index contributed by atoms with van der Waals surface area (Å²) >= 11 is 0. The first-order chi connectivity index (χ1) is 7.96. The lowest BCUT2D eigenvalue weighted by Gasteiger charge is -2.17. The highest BCUT2D eigenvalue weighted by Crippen LogP contribution is 2.42. The van der Waals surface area contributed by atoms with Gasteiger partial charge in [0.05, 0.1) is 0 Å². The molecule has 0 aromatic heterocycles. The van der Waals surface area contributed by atoms with Gasteiger partial charge in [-0.2, -0.15) is 0 Å². The van der Waals surface area contributed by atoms with E-state index in [1.54, 1.807) is 12.1 Å². The fourth-order valence-electron chi connectivity index (χ4n) is 2.45. The lowest BCUT2D eigenvalue weighted by molar-refractivity contribution is 0.00446. The molecule has 94 valence electrons. The Balaban J connectivity index is 1.93. The maximum absolute atomic E-state index is 13.0. The molecule has 1 aliphatic carbocycles. The van der Waals surface area contributed by atoms with E-state index in [0.29, 0.717) is 12.8 Å². The van der Waals surface area contributed by atoms with Gasteiger partial charge in [-0.25, -0.2) is 13.2 Å². The zero-order chi connectivity index (χ0) is 12.5. The van der Waals surface area contributed by atoms with Crippen LogP contribution in [0.3, 0.4) is 0 Å². The molecule has 1 aromatic rings. The van der Waals surface area contributed by atoms with Crippen molar-refractivity contribution in [2.24, 2.45) is 11.7 Å². The second-order valence-electron chi connectivity index (χ2n) is 4.86. The van der Waals surface area contributed by atoms with Crippen molar-refractivity contribution in [2.75, 3.05) is 0 Å². The molecule has 0 amide bonds. The van der Waals surface area contributed by atoms with Crippen molar-refractivity contribution in [1.29, 1.82) is 0 Å². The van der Waals surface area contributed by atoms with Crippen LogP contribution in [-0.4, -0.2) is 5.92 Å². The van der Waals surface area contributed by atoms with Crippen molar-refractivity contribution < 1.29 is 13.2 Å². The smallest absolute Gasteiger partial charge is 0.248 e. The SMILES string of the molecule is NC(CC1CCC(F)(F)C1)c1ccc(F)cc1. The molecule has 4 heteroatoms. The number of halogens is 3. The summed E-state index contributed by atoms with van der Waals surface area (Å²) in [5.74, 6) is -2.86. The van der Waals surface area contributed by atoms with Crippen LogP contribution in [0.15, 0.2) is 24.3 Å². The molecule has 2 N–H and O–H groups in total. The average molecular weight is 243 g/mol. The Morgan fingerprint density at radius 2 is 1.94 bits per heavy atom. The normalized spacial score (nSPS) is 24.8. The van der Waals surface area contributed by atoms with Crippen molar-refractivity contribution in [1.82, 2.24) is 0 Å². The molecular weight excluding hydrogens is 227 g/mol. The monoisotopic (exact) mass is 243 g/mol. The van der Waals surface area contributed by atoms with Gasteiger partial charge in [-0.05, 0) is 36.5 Å². The van der Waals surface area contributed by atoms with Crippen LogP contribution in [0.2, 0.25) is 0 Å². The molecule has 1 aromatic carbocycles. The number of nitrogens with two attached hydrogens (primary N) is 1. The van der Waals surface area contributed by atoms with Gasteiger partial charge < -0.3 is 5.73 Å². The molecule has 2 rings (SSSR count). The summed E-state index contributed by atoms with van der Waals surface area (Å²) in [6, 6.07) is 5.64. The maximum atomic E-state index is 13.0. The molecule has 0 heterocycles. The summed E-state index contributed by atoms with van der Waals surface area (Å²) in [5.41, 5.74) is 6.75. The Hall–Kier alpha value is -1.03. The summed E-state index contributed by atoms with van der Waals surface area (Å²) in [7, 11) is 0. The Morgan fingerprint density at radius 3 is 2.47 bits per heavy atom. The second-order valence-corrected chi connectivity index (χ2v) is 4.86. The van der Waals surface area contributed by atoms with E-state index in [1.165, 1.54) is 12.1 Å². The van der Waals surface area contributed by atoms with E-state index in [9.17, 15) is 13.2 Å². The van der Waals surface area contributed by atoms with E-state index >= 15 is 0 Å². The van der Waals surface area contributed by atoms with Gasteiger partial charge in [0.1, 0.15) is 5.82 Å². The highest BCUT2D eigenvalue weighted by atomic mass is 19.3. The van der Waals surface area contributed by atoms with E-state index in [1.807, 2.05) is 0 Å². The maximum Gasteiger partial charge on any atom is 0.248 e. The van der Waals surface area contributed by atoms with E-state index in [-0.39, 0.29) is 30.6 Å². The number of benzene rings is 1. The van der Waals surface area contributed by atoms with Gasteiger partial charge in [0.15, 0.2) is 0 Å². The molecular formula is C13H16F3N. The van der Waals surface area contributed by atoms with Crippen LogP contribution < -0.4 is 5.73 Å². The van der Waals surface area contributed by atoms with Crippen molar-refractivity contribution in [3.8, 4) is 0 Å². The van der Waals surface area contributed by atoms with Gasteiger partial charge in [0, 0.05) is 18.9 Å². The first-order valence-corrected chi connectivity index (χ1v) is 5.85. The summed E-state index contributed by atoms with van der Waals surface area (Å²) in [6.45, 7) is 0. The van der Waals surface area contributed by atoms with Crippen LogP contribution in [0.25, 0.3) is 0 Å². The van der Waals surface area contributed by atoms with Crippen LogP contribution >= 0.6 is 0 Å². The number of hydrogen-bond acceptors (Lipinski definition) is 1. The molecule has 0 bridgehead atoms. The third-order valence-electron chi connectivity index (χ3n) is 3.39. The number of alkyl halides is 2. The van der Waals surface area contributed by atoms with Crippen LogP contribution in [0, 0.1) is 11.7 Å². The molecule has 0 radical (unpaired) electrons. The molecule has 2 unspecified atom stereocenters. The van der Waals surface area contributed by atoms with E-state index in [0.717, 1.165) is 5.56 Å². The van der Waals surface area contributed by atoms with Gasteiger partial charge in [0.2, 0.25) is 5.92 Å². The second kappa shape index (κ2) is 4.69. The largest absolute Gasteiger partial charge is 0.324 e. The Labute approximate surface area is 98.8 Å². The molecule has 1 nitrogen and oxygen atoms in total. The quantitative estimate of drug-likeness (QED) is 0.861. The van der Waals surface area contributed by atoms with Crippen molar-refractivity contribution in [2.45, 2.75) is 37.6 Å². The summed E-state index contributed by atoms with van der Waals surface area (Å²) < 4.78 is 38.7. The minimum atomic E-state index is -2.52. The first-order valence-electron chi connectivity index (χ1n) is 5.85. The number of hydrogen-bond donors (Lipinski definition) is 1. The molecule has 1 saturated carbocycles. The zero-order valence-electron chi connectivity index (χ0n) is 9.50. The minimum absolute atomic E-state index is 0.0231. The van der Waals surface area contributed by atoms with Crippen molar-refractivity contribution in [3.63, 3.8) is 0 Å². The van der Waals surface area contributed by atoms with Gasteiger partial charge in [-0.15, -0.1) is 0 Å². The highest BCUT2D eigenvalue weighted by molar-refractivity contribution is 5.19. The van der Waals surface area contributed by atoms with Crippen molar-refractivity contribution in [3.05, 3.63) is 35.6 Å². The fraction of sp³-hybridized carbons (Fsp3) is 0.538. The molecule has 1 fully saturated rings. The summed E-state index contributed by atoms with van der Waals surface area (Å²) in [6.07, 6.45) is 0.971. The third-order valence-corrected chi connectivity index (χ3v) is 3.39. The van der Waals surface area contributed by atoms with Crippen LogP contribution in [0.4, 0.5) is 13.2 Å². The standard InChI is InChI=1S/C13H16F3N/c14-11-3-1-10(2-4-11)12(17)7-9-5-6-13(15,16)8-9/h1-4,9,12H,5-8,17H2. The Kier molecular flexibility index (Phi) is 3.43. The topological polar surface area (TPSA) is 26.0 Å². The minimum Gasteiger partial charge on any atom is -0.324 e.